The summed E-state index contributed by atoms with van der Waals surface area (Å²) in [5, 5.41) is 4.43. The molecule has 0 amide bonds. The number of hydrogen-bond donors (Lipinski definition) is 1. The van der Waals surface area contributed by atoms with Gasteiger partial charge in [-0.1, -0.05) is 31.5 Å². The van der Waals surface area contributed by atoms with Crippen LogP contribution in [0, 0.1) is 12.8 Å². The molecule has 2 nitrogen and oxygen atoms in total. The topological polar surface area (TPSA) is 15.3 Å². The van der Waals surface area contributed by atoms with Crippen molar-refractivity contribution < 1.29 is 0 Å². The van der Waals surface area contributed by atoms with Crippen molar-refractivity contribution in [1.29, 1.82) is 0 Å². The van der Waals surface area contributed by atoms with Gasteiger partial charge in [0.15, 0.2) is 0 Å². The van der Waals surface area contributed by atoms with Crippen molar-refractivity contribution in [2.24, 2.45) is 5.92 Å². The first-order chi connectivity index (χ1) is 8.08. The molecule has 1 aliphatic heterocycles. The molecule has 1 aromatic carbocycles. The number of rotatable bonds is 2. The summed E-state index contributed by atoms with van der Waals surface area (Å²) < 4.78 is 0. The molecule has 0 spiro atoms. The number of benzene rings is 1. The molecule has 1 atom stereocenters. The Morgan fingerprint density at radius 3 is 2.82 bits per heavy atom. The standard InChI is InChI=1S/C14H21ClN2/c1-10(2)13-9-17(7-6-16-13)14-5-4-11(3)8-12(14)15/h4-5,8,10,13,16H,6-7,9H2,1-3H3. The molecule has 1 saturated heterocycles. The van der Waals surface area contributed by atoms with Crippen molar-refractivity contribution in [1.82, 2.24) is 5.32 Å². The zero-order valence-corrected chi connectivity index (χ0v) is 11.6. The van der Waals surface area contributed by atoms with Gasteiger partial charge in [0.2, 0.25) is 0 Å². The summed E-state index contributed by atoms with van der Waals surface area (Å²) in [6.07, 6.45) is 0. The number of aryl methyl sites for hydroxylation is 1. The zero-order valence-electron chi connectivity index (χ0n) is 10.8. The second-order valence-corrected chi connectivity index (χ2v) is 5.61. The Balaban J connectivity index is 2.16. The summed E-state index contributed by atoms with van der Waals surface area (Å²) in [4.78, 5) is 2.39. The maximum absolute atomic E-state index is 6.33. The minimum Gasteiger partial charge on any atom is -0.367 e. The van der Waals surface area contributed by atoms with Gasteiger partial charge in [-0.25, -0.2) is 0 Å². The number of anilines is 1. The average molecular weight is 253 g/mol. The fourth-order valence-corrected chi connectivity index (χ4v) is 2.67. The smallest absolute Gasteiger partial charge is 0.0642 e. The van der Waals surface area contributed by atoms with E-state index in [0.29, 0.717) is 12.0 Å². The summed E-state index contributed by atoms with van der Waals surface area (Å²) in [5.41, 5.74) is 2.39. The van der Waals surface area contributed by atoms with Gasteiger partial charge in [0.25, 0.3) is 0 Å². The number of piperazine rings is 1. The van der Waals surface area contributed by atoms with E-state index in [9.17, 15) is 0 Å². The third kappa shape index (κ3) is 2.93. The Kier molecular flexibility index (Phi) is 3.95. The summed E-state index contributed by atoms with van der Waals surface area (Å²) in [5.74, 6) is 0.655. The molecule has 1 aliphatic rings. The largest absolute Gasteiger partial charge is 0.367 e. The maximum Gasteiger partial charge on any atom is 0.0642 e. The van der Waals surface area contributed by atoms with Crippen LogP contribution in [-0.2, 0) is 0 Å². The molecule has 94 valence electrons. The number of nitrogens with zero attached hydrogens (tertiary/aromatic N) is 1. The molecule has 0 bridgehead atoms. The van der Waals surface area contributed by atoms with Crippen molar-refractivity contribution in [2.75, 3.05) is 24.5 Å². The van der Waals surface area contributed by atoms with Crippen molar-refractivity contribution >= 4 is 17.3 Å². The van der Waals surface area contributed by atoms with E-state index in [1.807, 2.05) is 6.07 Å². The van der Waals surface area contributed by atoms with Gasteiger partial charge in [-0.2, -0.15) is 0 Å². The molecule has 0 saturated carbocycles. The second kappa shape index (κ2) is 5.28. The van der Waals surface area contributed by atoms with Crippen LogP contribution < -0.4 is 10.2 Å². The lowest BCUT2D eigenvalue weighted by molar-refractivity contribution is 0.368. The molecule has 1 N–H and O–H groups in total. The minimum atomic E-state index is 0.557. The van der Waals surface area contributed by atoms with Gasteiger partial charge >= 0.3 is 0 Å². The molecule has 2 rings (SSSR count). The van der Waals surface area contributed by atoms with E-state index in [2.05, 4.69) is 43.1 Å². The van der Waals surface area contributed by atoms with Crippen LogP contribution >= 0.6 is 11.6 Å². The van der Waals surface area contributed by atoms with Crippen LogP contribution in [0.25, 0.3) is 0 Å². The lowest BCUT2D eigenvalue weighted by atomic mass is 10.0. The van der Waals surface area contributed by atoms with E-state index in [4.69, 9.17) is 11.6 Å². The van der Waals surface area contributed by atoms with E-state index in [1.165, 1.54) is 11.3 Å². The minimum absolute atomic E-state index is 0.557. The van der Waals surface area contributed by atoms with Crippen LogP contribution in [0.15, 0.2) is 18.2 Å². The molecule has 3 heteroatoms. The molecule has 1 aromatic rings. The first-order valence-corrected chi connectivity index (χ1v) is 6.70. The van der Waals surface area contributed by atoms with E-state index in [1.54, 1.807) is 0 Å². The lowest BCUT2D eigenvalue weighted by Crippen LogP contribution is -2.53. The van der Waals surface area contributed by atoms with Crippen molar-refractivity contribution in [2.45, 2.75) is 26.8 Å². The highest BCUT2D eigenvalue weighted by Gasteiger charge is 2.22. The van der Waals surface area contributed by atoms with Crippen molar-refractivity contribution in [3.05, 3.63) is 28.8 Å². The third-order valence-corrected chi connectivity index (χ3v) is 3.76. The van der Waals surface area contributed by atoms with E-state index < -0.39 is 0 Å². The van der Waals surface area contributed by atoms with Gasteiger partial charge in [-0.3, -0.25) is 0 Å². The van der Waals surface area contributed by atoms with Crippen LogP contribution in [0.3, 0.4) is 0 Å². The quantitative estimate of drug-likeness (QED) is 0.870. The van der Waals surface area contributed by atoms with Gasteiger partial charge in [0.1, 0.15) is 0 Å². The highest BCUT2D eigenvalue weighted by molar-refractivity contribution is 6.33. The van der Waals surface area contributed by atoms with Crippen LogP contribution in [0.1, 0.15) is 19.4 Å². The molecule has 0 radical (unpaired) electrons. The molecular formula is C14H21ClN2. The first kappa shape index (κ1) is 12.7. The summed E-state index contributed by atoms with van der Waals surface area (Å²) in [6.45, 7) is 9.71. The Morgan fingerprint density at radius 1 is 1.41 bits per heavy atom. The fourth-order valence-electron chi connectivity index (χ4n) is 2.31. The Bertz CT molecular complexity index is 390. The fraction of sp³-hybridized carbons (Fsp3) is 0.571. The third-order valence-electron chi connectivity index (χ3n) is 3.45. The Labute approximate surface area is 109 Å². The molecule has 0 aromatic heterocycles. The molecule has 0 aliphatic carbocycles. The number of halogens is 1. The molecular weight excluding hydrogens is 232 g/mol. The van der Waals surface area contributed by atoms with Crippen LogP contribution in [0.4, 0.5) is 5.69 Å². The van der Waals surface area contributed by atoms with Gasteiger partial charge in [-0.15, -0.1) is 0 Å². The second-order valence-electron chi connectivity index (χ2n) is 5.21. The van der Waals surface area contributed by atoms with Crippen LogP contribution in [-0.4, -0.2) is 25.7 Å². The zero-order chi connectivity index (χ0) is 12.4. The van der Waals surface area contributed by atoms with Gasteiger partial charge in [-0.05, 0) is 30.5 Å². The van der Waals surface area contributed by atoms with Gasteiger partial charge in [0.05, 0.1) is 10.7 Å². The molecule has 17 heavy (non-hydrogen) atoms. The highest BCUT2D eigenvalue weighted by atomic mass is 35.5. The van der Waals surface area contributed by atoms with E-state index in [0.717, 1.165) is 24.7 Å². The molecule has 1 heterocycles. The SMILES string of the molecule is Cc1ccc(N2CCNC(C(C)C)C2)c(Cl)c1. The van der Waals surface area contributed by atoms with Crippen molar-refractivity contribution in [3.8, 4) is 0 Å². The number of hydrogen-bond acceptors (Lipinski definition) is 2. The number of nitrogens with one attached hydrogen (secondary N) is 1. The predicted octanol–water partition coefficient (Wildman–Crippen LogP) is 3.08. The van der Waals surface area contributed by atoms with E-state index in [-0.39, 0.29) is 0 Å². The molecule has 1 unspecified atom stereocenters. The maximum atomic E-state index is 6.33. The van der Waals surface area contributed by atoms with E-state index >= 15 is 0 Å². The Hall–Kier alpha value is -0.730. The summed E-state index contributed by atoms with van der Waals surface area (Å²) >= 11 is 6.33. The summed E-state index contributed by atoms with van der Waals surface area (Å²) in [7, 11) is 0. The summed E-state index contributed by atoms with van der Waals surface area (Å²) in [6, 6.07) is 6.87. The average Bonchev–Trinajstić information content (AvgIpc) is 2.29. The van der Waals surface area contributed by atoms with Crippen molar-refractivity contribution in [3.63, 3.8) is 0 Å². The molecule has 1 fully saturated rings. The monoisotopic (exact) mass is 252 g/mol. The first-order valence-electron chi connectivity index (χ1n) is 6.32. The lowest BCUT2D eigenvalue weighted by Gasteiger charge is -2.37. The Morgan fingerprint density at radius 2 is 2.18 bits per heavy atom. The van der Waals surface area contributed by atoms with Crippen LogP contribution in [0.2, 0.25) is 5.02 Å². The predicted molar refractivity (Wildman–Crippen MR) is 75.0 cm³/mol. The normalized spacial score (nSPS) is 21.0. The van der Waals surface area contributed by atoms with Gasteiger partial charge < -0.3 is 10.2 Å². The highest BCUT2D eigenvalue weighted by Crippen LogP contribution is 2.28. The van der Waals surface area contributed by atoms with Crippen LogP contribution in [0.5, 0.6) is 0 Å². The van der Waals surface area contributed by atoms with Gasteiger partial charge in [0, 0.05) is 25.7 Å².